The van der Waals surface area contributed by atoms with Gasteiger partial charge in [-0.15, -0.1) is 0 Å². The van der Waals surface area contributed by atoms with Crippen molar-refractivity contribution in [2.75, 3.05) is 151 Å². The summed E-state index contributed by atoms with van der Waals surface area (Å²) >= 11 is 0. The summed E-state index contributed by atoms with van der Waals surface area (Å²) in [5.41, 5.74) is 14.3. The van der Waals surface area contributed by atoms with Gasteiger partial charge in [-0.2, -0.15) is 0 Å². The lowest BCUT2D eigenvalue weighted by molar-refractivity contribution is -0.131. The first-order valence-corrected chi connectivity index (χ1v) is 29.4. The minimum atomic E-state index is -0.965. The molecule has 0 unspecified atom stereocenters. The van der Waals surface area contributed by atoms with Crippen LogP contribution in [0.15, 0.2) is 145 Å². The molecule has 461 valence electrons. The molecule has 0 aliphatic rings. The van der Waals surface area contributed by atoms with Crippen LogP contribution in [0.5, 0.6) is 0 Å². The molecule has 20 nitrogen and oxygen atoms in total. The Balaban J connectivity index is 0.949. The van der Waals surface area contributed by atoms with Gasteiger partial charge in [0.1, 0.15) is 12.1 Å². The van der Waals surface area contributed by atoms with Gasteiger partial charge in [0.05, 0.1) is 138 Å². The van der Waals surface area contributed by atoms with Crippen LogP contribution in [0.1, 0.15) is 59.1 Å². The van der Waals surface area contributed by atoms with Crippen molar-refractivity contribution in [2.45, 2.75) is 56.7 Å². The van der Waals surface area contributed by atoms with Gasteiger partial charge < -0.3 is 63.3 Å². The van der Waals surface area contributed by atoms with Crippen LogP contribution in [0.2, 0.25) is 0 Å². The summed E-state index contributed by atoms with van der Waals surface area (Å²) in [6.45, 7) is 15.1. The lowest BCUT2D eigenvalue weighted by atomic mass is 9.76. The highest BCUT2D eigenvalue weighted by Crippen LogP contribution is 2.37. The average molecular weight is 1180 g/mol. The predicted molar refractivity (Wildman–Crippen MR) is 326 cm³/mol. The highest BCUT2D eigenvalue weighted by atomic mass is 16.6. The molecule has 0 aliphatic heterocycles. The number of aryl methyl sites for hydroxylation is 1. The van der Waals surface area contributed by atoms with Gasteiger partial charge in [0, 0.05) is 30.0 Å². The van der Waals surface area contributed by atoms with Crippen LogP contribution < -0.4 is 21.3 Å². The number of carbonyl (C=O) groups is 3. The monoisotopic (exact) mass is 1170 g/mol. The zero-order valence-corrected chi connectivity index (χ0v) is 49.4. The first kappa shape index (κ1) is 69.2. The smallest absolute Gasteiger partial charge is 0.246 e. The number of ether oxygens (including phenoxy) is 10. The van der Waals surface area contributed by atoms with E-state index in [4.69, 9.17) is 52.9 Å². The Hall–Kier alpha value is -6.62. The first-order valence-electron chi connectivity index (χ1n) is 29.4. The molecule has 0 aliphatic carbocycles. The van der Waals surface area contributed by atoms with E-state index in [1.54, 1.807) is 12.1 Å². The maximum absolute atomic E-state index is 14.3. The molecule has 0 spiro atoms. The maximum Gasteiger partial charge on any atom is 0.246 e. The molecule has 0 fully saturated rings. The van der Waals surface area contributed by atoms with E-state index in [-0.39, 0.29) is 37.9 Å². The molecule has 0 saturated heterocycles. The Labute approximate surface area is 501 Å². The number of rotatable bonds is 49. The van der Waals surface area contributed by atoms with Crippen LogP contribution in [-0.2, 0) is 73.7 Å². The summed E-state index contributed by atoms with van der Waals surface area (Å²) in [5, 5.41) is 16.2. The number of benzene rings is 5. The number of azide groups is 1. The van der Waals surface area contributed by atoms with Gasteiger partial charge in [-0.05, 0) is 85.1 Å². The summed E-state index contributed by atoms with van der Waals surface area (Å²) in [6, 6.07) is 44.2. The zero-order chi connectivity index (χ0) is 60.1. The number of amides is 3. The van der Waals surface area contributed by atoms with E-state index in [1.807, 2.05) is 54.6 Å². The Kier molecular flexibility index (Phi) is 35.7. The van der Waals surface area contributed by atoms with Crippen LogP contribution in [-0.4, -0.2) is 175 Å². The van der Waals surface area contributed by atoms with E-state index in [9.17, 15) is 14.4 Å². The first-order chi connectivity index (χ1) is 41.8. The number of hydrogen-bond donors (Lipinski definition) is 4. The zero-order valence-electron chi connectivity index (χ0n) is 49.4. The topological polar surface area (TPSA) is 240 Å². The molecular weight excluding hydrogens is 1090 g/mol. The van der Waals surface area contributed by atoms with Crippen molar-refractivity contribution in [3.8, 4) is 0 Å². The molecule has 5 aromatic carbocycles. The van der Waals surface area contributed by atoms with Gasteiger partial charge in [-0.1, -0.05) is 138 Å². The molecule has 85 heavy (non-hydrogen) atoms. The number of hydrogen-bond acceptors (Lipinski definition) is 15. The van der Waals surface area contributed by atoms with E-state index >= 15 is 0 Å². The number of nitrogens with one attached hydrogen (secondary N) is 4. The third-order valence-corrected chi connectivity index (χ3v) is 13.2. The predicted octanol–water partition coefficient (Wildman–Crippen LogP) is 7.95. The van der Waals surface area contributed by atoms with Crippen LogP contribution in [0, 0.1) is 13.8 Å². The summed E-state index contributed by atoms with van der Waals surface area (Å²) in [4.78, 5) is 44.5. The summed E-state index contributed by atoms with van der Waals surface area (Å²) < 4.78 is 55.1. The maximum atomic E-state index is 14.3. The molecule has 3 amide bonds. The Morgan fingerprint density at radius 1 is 0.494 bits per heavy atom. The van der Waals surface area contributed by atoms with E-state index in [1.165, 1.54) is 5.56 Å². The van der Waals surface area contributed by atoms with Crippen molar-refractivity contribution in [3.63, 3.8) is 0 Å². The number of unbranched alkanes of at least 4 members (excludes halogenated alkanes) is 1. The average Bonchev–Trinajstić information content (AvgIpc) is 1.42. The fourth-order valence-electron chi connectivity index (χ4n) is 8.82. The SMILES string of the molecule is [CH2]c1ccc(NC(=O)[C@H](CCCCNC(c2ccccc2)(c2ccccc2)c2ccc(C)cc2)NC(=O)[C@H](Cc2ccccc2)NC(=O)CCOCCOCCOCCOCCOCCOCCOCCOCCOCCOCCN=[N+]=[N-])cc1. The highest BCUT2D eigenvalue weighted by Gasteiger charge is 2.36. The molecule has 0 aromatic heterocycles. The number of carbonyl (C=O) groups excluding carboxylic acids is 3. The standard InChI is InChI=1S/C65H88N7O13/c1-53-21-25-58(26-22-53)65(56-16-8-4-9-17-56,57-18-10-5-11-19-57)67-30-13-12-20-60(63(74)69-59-27-23-54(2)24-28-59)71-64(75)61(52-55-14-6-3-7-15-55)70-62(73)29-32-76-34-36-78-38-40-80-42-44-82-46-48-84-50-51-85-49-47-83-45-43-81-41-39-79-37-35-77-33-31-68-72-66/h3-11,14-19,21-28,60-61,67H,2,12-13,20,29-52H2,1H3,(H,69,74)(H,70,73)(H,71,75)/t60-,61-/m0/s1. The summed E-state index contributed by atoms with van der Waals surface area (Å²) in [6.07, 6.45) is 1.87. The fraction of sp³-hybridized carbons (Fsp3) is 0.477. The van der Waals surface area contributed by atoms with E-state index in [0.29, 0.717) is 157 Å². The van der Waals surface area contributed by atoms with Crippen LogP contribution in [0.3, 0.4) is 0 Å². The normalized spacial score (nSPS) is 12.1. The van der Waals surface area contributed by atoms with E-state index in [0.717, 1.165) is 27.8 Å². The van der Waals surface area contributed by atoms with Gasteiger partial charge in [-0.3, -0.25) is 19.7 Å². The summed E-state index contributed by atoms with van der Waals surface area (Å²) in [7, 11) is 0. The third kappa shape index (κ3) is 28.9. The third-order valence-electron chi connectivity index (χ3n) is 13.2. The van der Waals surface area contributed by atoms with Crippen LogP contribution >= 0.6 is 0 Å². The van der Waals surface area contributed by atoms with Crippen LogP contribution in [0.4, 0.5) is 5.69 Å². The fourth-order valence-corrected chi connectivity index (χ4v) is 8.82. The van der Waals surface area contributed by atoms with E-state index < -0.39 is 23.5 Å². The highest BCUT2D eigenvalue weighted by molar-refractivity contribution is 5.98. The van der Waals surface area contributed by atoms with Crippen molar-refractivity contribution < 1.29 is 61.8 Å². The second-order valence-electron chi connectivity index (χ2n) is 19.7. The second kappa shape index (κ2) is 43.9. The van der Waals surface area contributed by atoms with Crippen molar-refractivity contribution >= 4 is 23.4 Å². The molecule has 1 radical (unpaired) electrons. The molecule has 0 bridgehead atoms. The molecule has 5 aromatic rings. The molecule has 4 N–H and O–H groups in total. The van der Waals surface area contributed by atoms with Crippen molar-refractivity contribution in [1.29, 1.82) is 0 Å². The molecule has 0 saturated carbocycles. The molecule has 5 rings (SSSR count). The molecule has 20 heteroatoms. The number of anilines is 1. The van der Waals surface area contributed by atoms with Crippen molar-refractivity contribution in [2.24, 2.45) is 5.11 Å². The Morgan fingerprint density at radius 2 is 0.918 bits per heavy atom. The lowest BCUT2D eigenvalue weighted by Gasteiger charge is -2.37. The summed E-state index contributed by atoms with van der Waals surface area (Å²) in [5.74, 6) is -1.19. The quantitative estimate of drug-likeness (QED) is 0.00951. The molecular formula is C65H88N7O13. The lowest BCUT2D eigenvalue weighted by Crippen LogP contribution is -2.53. The Bertz CT molecular complexity index is 2540. The largest absolute Gasteiger partial charge is 0.379 e. The number of nitrogens with zero attached hydrogens (tertiary/aromatic N) is 3. The Morgan fingerprint density at radius 3 is 1.38 bits per heavy atom. The molecule has 0 heterocycles. The van der Waals surface area contributed by atoms with Gasteiger partial charge in [0.15, 0.2) is 0 Å². The van der Waals surface area contributed by atoms with Crippen molar-refractivity contribution in [1.82, 2.24) is 16.0 Å². The van der Waals surface area contributed by atoms with Gasteiger partial charge in [-0.25, -0.2) is 0 Å². The minimum absolute atomic E-state index is 0.0181. The van der Waals surface area contributed by atoms with Crippen LogP contribution in [0.25, 0.3) is 10.4 Å². The molecule has 2 atom stereocenters. The van der Waals surface area contributed by atoms with Gasteiger partial charge in [0.25, 0.3) is 0 Å². The minimum Gasteiger partial charge on any atom is -0.379 e. The second-order valence-corrected chi connectivity index (χ2v) is 19.7. The van der Waals surface area contributed by atoms with Crippen molar-refractivity contribution in [3.05, 3.63) is 190 Å². The van der Waals surface area contributed by atoms with Gasteiger partial charge >= 0.3 is 0 Å². The van der Waals surface area contributed by atoms with E-state index in [2.05, 4.69) is 118 Å². The van der Waals surface area contributed by atoms with Gasteiger partial charge in [0.2, 0.25) is 17.7 Å².